The van der Waals surface area contributed by atoms with Gasteiger partial charge in [0.05, 0.1) is 16.6 Å². The van der Waals surface area contributed by atoms with E-state index in [1.54, 1.807) is 0 Å². The van der Waals surface area contributed by atoms with Gasteiger partial charge in [-0.2, -0.15) is 0 Å². The number of amides is 2. The first kappa shape index (κ1) is 19.6. The number of nitrogens with one attached hydrogen (secondary N) is 1. The predicted molar refractivity (Wildman–Crippen MR) is 114 cm³/mol. The summed E-state index contributed by atoms with van der Waals surface area (Å²) >= 11 is 6.01. The molecule has 0 saturated carbocycles. The van der Waals surface area contributed by atoms with E-state index in [0.29, 0.717) is 5.82 Å². The van der Waals surface area contributed by atoms with E-state index in [0.717, 1.165) is 16.6 Å². The number of primary amides is 1. The number of hydrogen-bond acceptors (Lipinski definition) is 4. The van der Waals surface area contributed by atoms with Gasteiger partial charge in [-0.3, -0.25) is 9.59 Å². The Morgan fingerprint density at radius 3 is 2.37 bits per heavy atom. The quantitative estimate of drug-likeness (QED) is 0.484. The number of fused-ring (bicyclic) bond motifs is 1. The minimum absolute atomic E-state index is 0.0585. The molecule has 0 aliphatic rings. The Balaban J connectivity index is 1.74. The number of rotatable bonds is 5. The average Bonchev–Trinajstić information content (AvgIpc) is 3.08. The van der Waals surface area contributed by atoms with Gasteiger partial charge in [0.1, 0.15) is 22.7 Å². The largest absolute Gasteiger partial charge is 0.366 e. The Kier molecular flexibility index (Phi) is 5.20. The van der Waals surface area contributed by atoms with Crippen LogP contribution in [0.5, 0.6) is 0 Å². The van der Waals surface area contributed by atoms with Crippen LogP contribution in [0.2, 0.25) is 5.15 Å². The smallest absolute Gasteiger partial charge is 0.270 e. The number of halogens is 1. The highest BCUT2D eigenvalue weighted by Crippen LogP contribution is 2.25. The first-order chi connectivity index (χ1) is 14.5. The Bertz CT molecular complexity index is 1250. The molecule has 30 heavy (non-hydrogen) atoms. The van der Waals surface area contributed by atoms with E-state index >= 15 is 0 Å². The van der Waals surface area contributed by atoms with Crippen LogP contribution < -0.4 is 11.1 Å². The van der Waals surface area contributed by atoms with Crippen LogP contribution in [-0.4, -0.2) is 26.3 Å². The molecule has 0 spiro atoms. The number of hydrogen-bond donors (Lipinski definition) is 2. The van der Waals surface area contributed by atoms with Crippen LogP contribution in [-0.2, 0) is 7.05 Å². The third-order valence-electron chi connectivity index (χ3n) is 4.84. The molecule has 4 aromatic rings. The lowest BCUT2D eigenvalue weighted by atomic mass is 10.1. The van der Waals surface area contributed by atoms with Gasteiger partial charge in [-0.15, -0.1) is 0 Å². The summed E-state index contributed by atoms with van der Waals surface area (Å²) < 4.78 is 1.95. The lowest BCUT2D eigenvalue weighted by molar-refractivity contribution is 0.0933. The second kappa shape index (κ2) is 7.96. The number of carbonyl (C=O) groups is 2. The third kappa shape index (κ3) is 3.62. The number of aryl methyl sites for hydroxylation is 1. The monoisotopic (exact) mass is 419 g/mol. The van der Waals surface area contributed by atoms with Crippen molar-refractivity contribution in [2.24, 2.45) is 12.8 Å². The van der Waals surface area contributed by atoms with Crippen molar-refractivity contribution in [1.29, 1.82) is 0 Å². The van der Waals surface area contributed by atoms with E-state index in [1.165, 1.54) is 12.1 Å². The number of nitrogens with two attached hydrogens (primary N) is 1. The summed E-state index contributed by atoms with van der Waals surface area (Å²) in [5, 5.41) is 2.87. The molecule has 2 heterocycles. The number of pyridine rings is 1. The molecule has 0 aliphatic carbocycles. The molecule has 0 saturated heterocycles. The molecule has 4 rings (SSSR count). The van der Waals surface area contributed by atoms with Crippen LogP contribution in [0.25, 0.3) is 11.0 Å². The van der Waals surface area contributed by atoms with Gasteiger partial charge in [0.25, 0.3) is 11.8 Å². The summed E-state index contributed by atoms with van der Waals surface area (Å²) in [7, 11) is 1.91. The second-order valence-corrected chi connectivity index (χ2v) is 7.09. The first-order valence-corrected chi connectivity index (χ1v) is 9.57. The summed E-state index contributed by atoms with van der Waals surface area (Å²) in [6, 6.07) is 19.6. The van der Waals surface area contributed by atoms with E-state index in [9.17, 15) is 9.59 Å². The highest BCUT2D eigenvalue weighted by Gasteiger charge is 2.24. The molecule has 0 radical (unpaired) electrons. The van der Waals surface area contributed by atoms with Crippen molar-refractivity contribution in [3.63, 3.8) is 0 Å². The van der Waals surface area contributed by atoms with Crippen molar-refractivity contribution in [2.75, 3.05) is 0 Å². The SMILES string of the molecule is Cn1c(C(NC(=O)c2ccc(C(N)=O)c(Cl)n2)c2ccccc2)nc2ccccc21. The molecule has 3 N–H and O–H groups in total. The Morgan fingerprint density at radius 2 is 1.70 bits per heavy atom. The van der Waals surface area contributed by atoms with Crippen molar-refractivity contribution in [3.05, 3.63) is 94.5 Å². The normalized spacial score (nSPS) is 11.9. The number of nitrogens with zero attached hydrogens (tertiary/aromatic N) is 3. The van der Waals surface area contributed by atoms with Crippen molar-refractivity contribution in [1.82, 2.24) is 19.9 Å². The number of carbonyl (C=O) groups excluding carboxylic acids is 2. The molecule has 150 valence electrons. The molecule has 0 fully saturated rings. The molecule has 0 aliphatic heterocycles. The molecule has 2 amide bonds. The minimum atomic E-state index is -0.707. The maximum Gasteiger partial charge on any atom is 0.270 e. The molecule has 1 atom stereocenters. The Morgan fingerprint density at radius 1 is 1.00 bits per heavy atom. The van der Waals surface area contributed by atoms with Crippen molar-refractivity contribution in [3.8, 4) is 0 Å². The van der Waals surface area contributed by atoms with Crippen molar-refractivity contribution >= 4 is 34.4 Å². The van der Waals surface area contributed by atoms with E-state index in [1.807, 2.05) is 66.2 Å². The minimum Gasteiger partial charge on any atom is -0.366 e. The molecule has 2 aromatic heterocycles. The Labute approximate surface area is 177 Å². The molecule has 0 bridgehead atoms. The topological polar surface area (TPSA) is 103 Å². The lowest BCUT2D eigenvalue weighted by Crippen LogP contribution is -2.32. The van der Waals surface area contributed by atoms with Crippen LogP contribution >= 0.6 is 11.6 Å². The summed E-state index contributed by atoms with van der Waals surface area (Å²) in [5.41, 5.74) is 8.03. The maximum atomic E-state index is 13.0. The number of aromatic nitrogens is 3. The number of benzene rings is 2. The van der Waals surface area contributed by atoms with Crippen LogP contribution in [0.1, 0.15) is 38.3 Å². The molecule has 7 nitrogen and oxygen atoms in total. The van der Waals surface area contributed by atoms with Gasteiger partial charge in [0, 0.05) is 7.05 Å². The van der Waals surface area contributed by atoms with Crippen LogP contribution in [0.4, 0.5) is 0 Å². The summed E-state index contributed by atoms with van der Waals surface area (Å²) in [5.74, 6) is -0.481. The van der Waals surface area contributed by atoms with E-state index in [2.05, 4.69) is 10.3 Å². The van der Waals surface area contributed by atoms with Gasteiger partial charge in [-0.25, -0.2) is 9.97 Å². The molecular formula is C22H18ClN5O2. The molecule has 1 unspecified atom stereocenters. The summed E-state index contributed by atoms with van der Waals surface area (Å²) in [6.45, 7) is 0. The molecule has 2 aromatic carbocycles. The van der Waals surface area contributed by atoms with Crippen LogP contribution in [0.3, 0.4) is 0 Å². The van der Waals surface area contributed by atoms with Crippen molar-refractivity contribution < 1.29 is 9.59 Å². The zero-order chi connectivity index (χ0) is 21.3. The molecule has 8 heteroatoms. The van der Waals surface area contributed by atoms with Gasteiger partial charge in [0.2, 0.25) is 0 Å². The van der Waals surface area contributed by atoms with Gasteiger partial charge in [-0.1, -0.05) is 54.1 Å². The van der Waals surface area contributed by atoms with E-state index in [-0.39, 0.29) is 16.4 Å². The van der Waals surface area contributed by atoms with Gasteiger partial charge in [0.15, 0.2) is 0 Å². The average molecular weight is 420 g/mol. The predicted octanol–water partition coefficient (Wildman–Crippen LogP) is 3.24. The second-order valence-electron chi connectivity index (χ2n) is 6.73. The Hall–Kier alpha value is -3.71. The zero-order valence-electron chi connectivity index (χ0n) is 16.0. The standard InChI is InChI=1S/C22H18ClN5O2/c1-28-17-10-6-5-9-15(17)26-21(28)18(13-7-3-2-4-8-13)27-22(30)16-12-11-14(20(24)29)19(23)25-16/h2-12,18H,1H3,(H2,24,29)(H,27,30). The lowest BCUT2D eigenvalue weighted by Gasteiger charge is -2.19. The van der Waals surface area contributed by atoms with Gasteiger partial charge >= 0.3 is 0 Å². The highest BCUT2D eigenvalue weighted by atomic mass is 35.5. The fourth-order valence-electron chi connectivity index (χ4n) is 3.31. The van der Waals surface area contributed by atoms with Crippen LogP contribution in [0.15, 0.2) is 66.7 Å². The van der Waals surface area contributed by atoms with Crippen molar-refractivity contribution in [2.45, 2.75) is 6.04 Å². The number of imidazole rings is 1. The third-order valence-corrected chi connectivity index (χ3v) is 5.12. The first-order valence-electron chi connectivity index (χ1n) is 9.19. The summed E-state index contributed by atoms with van der Waals surface area (Å²) in [6.07, 6.45) is 0. The molecular weight excluding hydrogens is 402 g/mol. The zero-order valence-corrected chi connectivity index (χ0v) is 16.8. The van der Waals surface area contributed by atoms with Gasteiger partial charge in [-0.05, 0) is 29.8 Å². The highest BCUT2D eigenvalue weighted by molar-refractivity contribution is 6.32. The van der Waals surface area contributed by atoms with E-state index in [4.69, 9.17) is 22.3 Å². The fourth-order valence-corrected chi connectivity index (χ4v) is 3.56. The number of para-hydroxylation sites is 2. The fraction of sp³-hybridized carbons (Fsp3) is 0.0909. The van der Waals surface area contributed by atoms with Gasteiger partial charge < -0.3 is 15.6 Å². The van der Waals surface area contributed by atoms with Crippen LogP contribution in [0, 0.1) is 0 Å². The van der Waals surface area contributed by atoms with E-state index < -0.39 is 17.9 Å². The maximum absolute atomic E-state index is 13.0. The summed E-state index contributed by atoms with van der Waals surface area (Å²) in [4.78, 5) is 33.1.